The van der Waals surface area contributed by atoms with Crippen LogP contribution < -0.4 is 5.73 Å². The quantitative estimate of drug-likeness (QED) is 0.620. The zero-order valence-corrected chi connectivity index (χ0v) is 6.07. The Morgan fingerprint density at radius 2 is 2.00 bits per heavy atom. The molecule has 0 aliphatic carbocycles. The van der Waals surface area contributed by atoms with Gasteiger partial charge in [-0.2, -0.15) is 0 Å². The largest absolute Gasteiger partial charge is 0.397 e. The molecule has 2 rings (SSSR count). The molecule has 0 saturated heterocycles. The molecule has 62 valence electrons. The van der Waals surface area contributed by atoms with Crippen molar-refractivity contribution in [2.75, 3.05) is 5.73 Å². The number of H-pyrrole nitrogens is 1. The summed E-state index contributed by atoms with van der Waals surface area (Å²) in [7, 11) is 0. The lowest BCUT2D eigenvalue weighted by atomic mass is 10.2. The van der Waals surface area contributed by atoms with Gasteiger partial charge >= 0.3 is 0 Å². The highest BCUT2D eigenvalue weighted by atomic mass is 19.1. The average Bonchev–Trinajstić information content (AvgIpc) is 2.33. The molecule has 0 amide bonds. The third kappa shape index (κ3) is 0.845. The van der Waals surface area contributed by atoms with Gasteiger partial charge in [-0.05, 0) is 6.07 Å². The molecule has 0 unspecified atom stereocenters. The number of nitrogens with one attached hydrogen (secondary N) is 1. The molecule has 0 radical (unpaired) electrons. The van der Waals surface area contributed by atoms with E-state index in [0.29, 0.717) is 11.1 Å². The number of aromatic amines is 1. The van der Waals surface area contributed by atoms with E-state index >= 15 is 0 Å². The molecule has 0 spiro atoms. The average molecular weight is 168 g/mol. The van der Waals surface area contributed by atoms with E-state index in [2.05, 4.69) is 4.98 Å². The fourth-order valence-electron chi connectivity index (χ4n) is 1.18. The highest BCUT2D eigenvalue weighted by Crippen LogP contribution is 2.23. The number of fused-ring (bicyclic) bond motifs is 1. The number of hydrogen-bond acceptors (Lipinski definition) is 1. The Labute approximate surface area is 67.0 Å². The van der Waals surface area contributed by atoms with E-state index < -0.39 is 11.6 Å². The van der Waals surface area contributed by atoms with E-state index in [1.54, 1.807) is 0 Å². The van der Waals surface area contributed by atoms with Crippen molar-refractivity contribution >= 4 is 16.6 Å². The van der Waals surface area contributed by atoms with Crippen LogP contribution in [0.1, 0.15) is 0 Å². The number of halogens is 2. The number of aromatic nitrogens is 1. The van der Waals surface area contributed by atoms with Crippen LogP contribution in [0.4, 0.5) is 14.5 Å². The molecule has 0 aliphatic rings. The lowest BCUT2D eigenvalue weighted by Gasteiger charge is -1.93. The van der Waals surface area contributed by atoms with Crippen LogP contribution in [0.5, 0.6) is 0 Å². The fourth-order valence-corrected chi connectivity index (χ4v) is 1.18. The van der Waals surface area contributed by atoms with Gasteiger partial charge < -0.3 is 10.7 Å². The summed E-state index contributed by atoms with van der Waals surface area (Å²) in [5.41, 5.74) is 6.04. The van der Waals surface area contributed by atoms with Gasteiger partial charge in [-0.25, -0.2) is 8.78 Å². The molecular formula is C8H6F2N2. The molecule has 2 nitrogen and oxygen atoms in total. The van der Waals surface area contributed by atoms with Crippen LogP contribution in [0.3, 0.4) is 0 Å². The summed E-state index contributed by atoms with van der Waals surface area (Å²) in [6.45, 7) is 0. The second-order valence-electron chi connectivity index (χ2n) is 2.55. The Morgan fingerprint density at radius 1 is 1.25 bits per heavy atom. The van der Waals surface area contributed by atoms with Crippen molar-refractivity contribution in [1.82, 2.24) is 4.98 Å². The molecule has 0 bridgehead atoms. The zero-order valence-electron chi connectivity index (χ0n) is 6.07. The highest BCUT2D eigenvalue weighted by molar-refractivity contribution is 5.91. The molecule has 4 heteroatoms. The number of nitrogens with two attached hydrogens (primary N) is 1. The first-order valence-corrected chi connectivity index (χ1v) is 3.40. The standard InChI is InChI=1S/C8H6F2N2/c9-4-1-5-7(11)3-12-8(5)6(10)2-4/h1-3,12H,11H2. The van der Waals surface area contributed by atoms with Gasteiger partial charge in [-0.1, -0.05) is 0 Å². The predicted octanol–water partition coefficient (Wildman–Crippen LogP) is 2.03. The predicted molar refractivity (Wildman–Crippen MR) is 42.6 cm³/mol. The van der Waals surface area contributed by atoms with E-state index in [9.17, 15) is 8.78 Å². The Balaban J connectivity index is 2.92. The number of rotatable bonds is 0. The minimum atomic E-state index is -0.623. The summed E-state index contributed by atoms with van der Waals surface area (Å²) in [4.78, 5) is 2.62. The van der Waals surface area contributed by atoms with E-state index in [4.69, 9.17) is 5.73 Å². The second kappa shape index (κ2) is 2.20. The Hall–Kier alpha value is -1.58. The summed E-state index contributed by atoms with van der Waals surface area (Å²) >= 11 is 0. The molecular weight excluding hydrogens is 162 g/mol. The number of hydrogen-bond donors (Lipinski definition) is 2. The van der Waals surface area contributed by atoms with Gasteiger partial charge in [0.05, 0.1) is 11.2 Å². The van der Waals surface area contributed by atoms with Crippen molar-refractivity contribution < 1.29 is 8.78 Å². The van der Waals surface area contributed by atoms with Crippen LogP contribution in [0, 0.1) is 11.6 Å². The van der Waals surface area contributed by atoms with Crippen LogP contribution in [0.25, 0.3) is 10.9 Å². The van der Waals surface area contributed by atoms with Crippen molar-refractivity contribution in [2.24, 2.45) is 0 Å². The molecule has 12 heavy (non-hydrogen) atoms. The van der Waals surface area contributed by atoms with E-state index in [1.165, 1.54) is 12.3 Å². The first-order chi connectivity index (χ1) is 5.68. The summed E-state index contributed by atoms with van der Waals surface area (Å²) in [6, 6.07) is 2.02. The number of nitrogen functional groups attached to an aromatic ring is 1. The van der Waals surface area contributed by atoms with E-state index in [1.807, 2.05) is 0 Å². The van der Waals surface area contributed by atoms with Crippen LogP contribution in [0.15, 0.2) is 18.3 Å². The smallest absolute Gasteiger partial charge is 0.150 e. The number of benzene rings is 1. The molecule has 1 aromatic heterocycles. The maximum absolute atomic E-state index is 12.9. The summed E-state index contributed by atoms with van der Waals surface area (Å²) in [5.74, 6) is -1.24. The van der Waals surface area contributed by atoms with Gasteiger partial charge in [-0.3, -0.25) is 0 Å². The maximum atomic E-state index is 12.9. The van der Waals surface area contributed by atoms with Gasteiger partial charge in [-0.15, -0.1) is 0 Å². The van der Waals surface area contributed by atoms with Crippen LogP contribution in [0.2, 0.25) is 0 Å². The molecule has 0 atom stereocenters. The molecule has 3 N–H and O–H groups in total. The van der Waals surface area contributed by atoms with Gasteiger partial charge in [0.2, 0.25) is 0 Å². The molecule has 1 heterocycles. The molecule has 1 aromatic carbocycles. The van der Waals surface area contributed by atoms with E-state index in [0.717, 1.165) is 6.07 Å². The molecule has 2 aromatic rings. The van der Waals surface area contributed by atoms with Crippen LogP contribution in [-0.4, -0.2) is 4.98 Å². The Bertz CT molecular complexity index is 434. The van der Waals surface area contributed by atoms with Crippen LogP contribution >= 0.6 is 0 Å². The molecule has 0 saturated carbocycles. The van der Waals surface area contributed by atoms with Gasteiger partial charge in [0.1, 0.15) is 11.6 Å². The first kappa shape index (κ1) is 7.09. The molecule has 0 aliphatic heterocycles. The van der Waals surface area contributed by atoms with Crippen molar-refractivity contribution in [1.29, 1.82) is 0 Å². The summed E-state index contributed by atoms with van der Waals surface area (Å²) in [5, 5.41) is 0.382. The summed E-state index contributed by atoms with van der Waals surface area (Å²) in [6.07, 6.45) is 1.44. The van der Waals surface area contributed by atoms with Crippen molar-refractivity contribution in [3.63, 3.8) is 0 Å². The first-order valence-electron chi connectivity index (χ1n) is 3.40. The lowest BCUT2D eigenvalue weighted by Crippen LogP contribution is -1.84. The fraction of sp³-hybridized carbons (Fsp3) is 0. The monoisotopic (exact) mass is 168 g/mol. The third-order valence-corrected chi connectivity index (χ3v) is 1.74. The topological polar surface area (TPSA) is 41.8 Å². The minimum Gasteiger partial charge on any atom is -0.397 e. The number of anilines is 1. The van der Waals surface area contributed by atoms with Crippen molar-refractivity contribution in [2.45, 2.75) is 0 Å². The van der Waals surface area contributed by atoms with Crippen molar-refractivity contribution in [3.05, 3.63) is 30.0 Å². The Kier molecular flexibility index (Phi) is 1.30. The second-order valence-corrected chi connectivity index (χ2v) is 2.55. The van der Waals surface area contributed by atoms with Gasteiger partial charge in [0.25, 0.3) is 0 Å². The highest BCUT2D eigenvalue weighted by Gasteiger charge is 2.07. The van der Waals surface area contributed by atoms with E-state index in [-0.39, 0.29) is 5.52 Å². The summed E-state index contributed by atoms with van der Waals surface area (Å²) < 4.78 is 25.6. The third-order valence-electron chi connectivity index (χ3n) is 1.74. The minimum absolute atomic E-state index is 0.244. The van der Waals surface area contributed by atoms with Gasteiger partial charge in [0.15, 0.2) is 0 Å². The lowest BCUT2D eigenvalue weighted by molar-refractivity contribution is 0.591. The Morgan fingerprint density at radius 3 is 2.75 bits per heavy atom. The SMILES string of the molecule is Nc1c[nH]c2c(F)cc(F)cc12. The zero-order chi connectivity index (χ0) is 8.72. The van der Waals surface area contributed by atoms with Crippen LogP contribution in [-0.2, 0) is 0 Å². The van der Waals surface area contributed by atoms with Gasteiger partial charge in [0, 0.05) is 17.6 Å². The maximum Gasteiger partial charge on any atom is 0.150 e. The van der Waals surface area contributed by atoms with Crippen molar-refractivity contribution in [3.8, 4) is 0 Å². The normalized spacial score (nSPS) is 10.8. The molecule has 0 fully saturated rings.